The lowest BCUT2D eigenvalue weighted by molar-refractivity contribution is -0.140. The Bertz CT molecular complexity index is 1700. The van der Waals surface area contributed by atoms with Crippen LogP contribution >= 0.6 is 34.8 Å². The van der Waals surface area contributed by atoms with Crippen LogP contribution in [0, 0.1) is 6.92 Å². The number of hydrogen-bond donors (Lipinski definition) is 1. The van der Waals surface area contributed by atoms with Crippen LogP contribution in [-0.4, -0.2) is 44.3 Å². The van der Waals surface area contributed by atoms with E-state index in [1.54, 1.807) is 49.4 Å². The third-order valence-electron chi connectivity index (χ3n) is 6.98. The summed E-state index contributed by atoms with van der Waals surface area (Å²) in [6, 6.07) is 26.1. The van der Waals surface area contributed by atoms with Gasteiger partial charge in [-0.05, 0) is 61.4 Å². The fourth-order valence-electron chi connectivity index (χ4n) is 4.67. The van der Waals surface area contributed by atoms with Gasteiger partial charge in [0.05, 0.1) is 20.6 Å². The summed E-state index contributed by atoms with van der Waals surface area (Å²) < 4.78 is 29.2. The van der Waals surface area contributed by atoms with Gasteiger partial charge in [-0.3, -0.25) is 13.9 Å². The zero-order valence-corrected chi connectivity index (χ0v) is 27.3. The van der Waals surface area contributed by atoms with E-state index in [2.05, 4.69) is 5.32 Å². The third-order valence-corrected chi connectivity index (χ3v) is 9.81. The van der Waals surface area contributed by atoms with Gasteiger partial charge >= 0.3 is 0 Å². The maximum Gasteiger partial charge on any atom is 0.264 e. The minimum atomic E-state index is -4.31. The van der Waals surface area contributed by atoms with Crippen LogP contribution in [0.15, 0.2) is 102 Å². The Morgan fingerprint density at radius 2 is 1.48 bits per heavy atom. The van der Waals surface area contributed by atoms with E-state index in [9.17, 15) is 18.0 Å². The van der Waals surface area contributed by atoms with Gasteiger partial charge in [0.15, 0.2) is 0 Å². The van der Waals surface area contributed by atoms with Crippen LogP contribution in [0.2, 0.25) is 15.1 Å². The molecular formula is C33H32Cl3N3O4S. The fourth-order valence-corrected chi connectivity index (χ4v) is 6.67. The third kappa shape index (κ3) is 8.12. The summed E-state index contributed by atoms with van der Waals surface area (Å²) in [5.74, 6) is -0.980. The van der Waals surface area contributed by atoms with Crippen molar-refractivity contribution in [1.82, 2.24) is 10.2 Å². The first-order valence-electron chi connectivity index (χ1n) is 13.9. The molecule has 0 aliphatic carbocycles. The molecule has 0 bridgehead atoms. The highest BCUT2D eigenvalue weighted by atomic mass is 35.5. The van der Waals surface area contributed by atoms with Crippen LogP contribution in [0.1, 0.15) is 23.6 Å². The molecule has 0 saturated heterocycles. The second kappa shape index (κ2) is 14.9. The summed E-state index contributed by atoms with van der Waals surface area (Å²) in [5.41, 5.74) is 2.45. The van der Waals surface area contributed by atoms with Crippen molar-refractivity contribution in [1.29, 1.82) is 0 Å². The quantitative estimate of drug-likeness (QED) is 0.177. The number of hydrogen-bond acceptors (Lipinski definition) is 4. The van der Waals surface area contributed by atoms with Crippen molar-refractivity contribution in [3.05, 3.63) is 129 Å². The van der Waals surface area contributed by atoms with E-state index in [0.717, 1.165) is 15.4 Å². The number of amides is 2. The van der Waals surface area contributed by atoms with Crippen LogP contribution in [-0.2, 0) is 32.6 Å². The summed E-state index contributed by atoms with van der Waals surface area (Å²) in [4.78, 5) is 29.3. The molecule has 7 nitrogen and oxygen atoms in total. The SMILES string of the molecule is CCNC(=O)[C@H](Cc1ccccc1)N(Cc1ccc(Cl)cc1)C(=O)CN(c1cccc(Cl)c1Cl)S(=O)(=O)c1ccc(C)cc1. The van der Waals surface area contributed by atoms with Gasteiger partial charge in [-0.25, -0.2) is 8.42 Å². The zero-order valence-electron chi connectivity index (χ0n) is 24.2. The molecule has 11 heteroatoms. The first kappa shape index (κ1) is 33.3. The van der Waals surface area contributed by atoms with Gasteiger partial charge in [-0.15, -0.1) is 0 Å². The van der Waals surface area contributed by atoms with Crippen molar-refractivity contribution in [3.63, 3.8) is 0 Å². The smallest absolute Gasteiger partial charge is 0.264 e. The van der Waals surface area contributed by atoms with Crippen molar-refractivity contribution < 1.29 is 18.0 Å². The van der Waals surface area contributed by atoms with Crippen LogP contribution in [0.4, 0.5) is 5.69 Å². The van der Waals surface area contributed by atoms with E-state index in [-0.39, 0.29) is 39.5 Å². The second-order valence-electron chi connectivity index (χ2n) is 10.1. The highest BCUT2D eigenvalue weighted by Crippen LogP contribution is 2.35. The Hall–Kier alpha value is -3.56. The van der Waals surface area contributed by atoms with E-state index < -0.39 is 28.5 Å². The Balaban J connectivity index is 1.82. The normalized spacial score (nSPS) is 11.9. The largest absolute Gasteiger partial charge is 0.355 e. The lowest BCUT2D eigenvalue weighted by atomic mass is 10.0. The number of likely N-dealkylation sites (N-methyl/N-ethyl adjacent to an activating group) is 1. The second-order valence-corrected chi connectivity index (χ2v) is 13.2. The Morgan fingerprint density at radius 3 is 2.11 bits per heavy atom. The molecular weight excluding hydrogens is 641 g/mol. The molecule has 0 saturated carbocycles. The van der Waals surface area contributed by atoms with Crippen LogP contribution in [0.25, 0.3) is 0 Å². The van der Waals surface area contributed by atoms with Crippen molar-refractivity contribution in [2.24, 2.45) is 0 Å². The first-order valence-corrected chi connectivity index (χ1v) is 16.5. The highest BCUT2D eigenvalue weighted by molar-refractivity contribution is 7.92. The fraction of sp³-hybridized carbons (Fsp3) is 0.212. The molecule has 44 heavy (non-hydrogen) atoms. The summed E-state index contributed by atoms with van der Waals surface area (Å²) in [6.07, 6.45) is 0.203. The lowest BCUT2D eigenvalue weighted by Crippen LogP contribution is -2.53. The number of nitrogens with zero attached hydrogens (tertiary/aromatic N) is 2. The molecule has 4 aromatic rings. The summed E-state index contributed by atoms with van der Waals surface area (Å²) in [5, 5.41) is 3.46. The number of sulfonamides is 1. The highest BCUT2D eigenvalue weighted by Gasteiger charge is 2.35. The van der Waals surface area contributed by atoms with Gasteiger partial charge in [-0.2, -0.15) is 0 Å². The minimum absolute atomic E-state index is 0.0202. The Labute approximate surface area is 273 Å². The predicted octanol–water partition coefficient (Wildman–Crippen LogP) is 6.93. The molecule has 0 unspecified atom stereocenters. The van der Waals surface area contributed by atoms with E-state index in [4.69, 9.17) is 34.8 Å². The molecule has 1 atom stereocenters. The number of aryl methyl sites for hydroxylation is 1. The van der Waals surface area contributed by atoms with Gasteiger partial charge in [0.25, 0.3) is 10.0 Å². The van der Waals surface area contributed by atoms with Crippen LogP contribution < -0.4 is 9.62 Å². The number of nitrogens with one attached hydrogen (secondary N) is 1. The molecule has 0 fully saturated rings. The van der Waals surface area contributed by atoms with Crippen LogP contribution in [0.5, 0.6) is 0 Å². The van der Waals surface area contributed by atoms with E-state index in [0.29, 0.717) is 17.1 Å². The standard InChI is InChI=1S/C33H32Cl3N3O4S/c1-3-37-33(41)30(20-24-8-5-4-6-9-24)38(21-25-14-16-26(34)17-15-25)31(40)22-39(29-11-7-10-28(35)32(29)36)44(42,43)27-18-12-23(2)13-19-27/h4-19,30H,3,20-22H2,1-2H3,(H,37,41)/t30-/m0/s1. The molecule has 230 valence electrons. The maximum absolute atomic E-state index is 14.4. The molecule has 0 heterocycles. The predicted molar refractivity (Wildman–Crippen MR) is 177 cm³/mol. The average Bonchev–Trinajstić information content (AvgIpc) is 3.01. The number of halogens is 3. The molecule has 4 rings (SSSR count). The molecule has 0 aromatic heterocycles. The first-order chi connectivity index (χ1) is 21.0. The van der Waals surface area contributed by atoms with Gasteiger partial charge in [0, 0.05) is 24.5 Å². The van der Waals surface area contributed by atoms with Crippen molar-refractivity contribution in [2.45, 2.75) is 37.8 Å². The van der Waals surface area contributed by atoms with E-state index >= 15 is 0 Å². The topological polar surface area (TPSA) is 86.8 Å². The molecule has 0 aliphatic rings. The lowest BCUT2D eigenvalue weighted by Gasteiger charge is -2.34. The van der Waals surface area contributed by atoms with Gasteiger partial charge < -0.3 is 10.2 Å². The molecule has 0 aliphatic heterocycles. The summed E-state index contributed by atoms with van der Waals surface area (Å²) in [6.45, 7) is 3.36. The average molecular weight is 673 g/mol. The number of carbonyl (C=O) groups excluding carboxylic acids is 2. The molecule has 1 N–H and O–H groups in total. The number of rotatable bonds is 12. The minimum Gasteiger partial charge on any atom is -0.355 e. The van der Waals surface area contributed by atoms with Gasteiger partial charge in [-0.1, -0.05) is 101 Å². The van der Waals surface area contributed by atoms with Crippen molar-refractivity contribution >= 4 is 62.3 Å². The molecule has 4 aromatic carbocycles. The Kier molecular flexibility index (Phi) is 11.3. The van der Waals surface area contributed by atoms with E-state index in [1.165, 1.54) is 29.2 Å². The van der Waals surface area contributed by atoms with Gasteiger partial charge in [0.2, 0.25) is 11.8 Å². The summed E-state index contributed by atoms with van der Waals surface area (Å²) >= 11 is 18.9. The van der Waals surface area contributed by atoms with E-state index in [1.807, 2.05) is 37.3 Å². The molecule has 0 spiro atoms. The number of benzene rings is 4. The monoisotopic (exact) mass is 671 g/mol. The molecule has 2 amide bonds. The van der Waals surface area contributed by atoms with Crippen molar-refractivity contribution in [2.75, 3.05) is 17.4 Å². The van der Waals surface area contributed by atoms with Crippen molar-refractivity contribution in [3.8, 4) is 0 Å². The van der Waals surface area contributed by atoms with Gasteiger partial charge in [0.1, 0.15) is 12.6 Å². The summed E-state index contributed by atoms with van der Waals surface area (Å²) in [7, 11) is -4.31. The number of anilines is 1. The zero-order chi connectivity index (χ0) is 31.9. The molecule has 0 radical (unpaired) electrons. The Morgan fingerprint density at radius 1 is 0.818 bits per heavy atom. The maximum atomic E-state index is 14.4. The van der Waals surface area contributed by atoms with Crippen LogP contribution in [0.3, 0.4) is 0 Å². The number of carbonyl (C=O) groups is 2.